The molecule has 2 heterocycles. The number of aliphatic carboxylic acids is 1. The molecule has 0 radical (unpaired) electrons. The van der Waals surface area contributed by atoms with Gasteiger partial charge in [0.25, 0.3) is 0 Å². The van der Waals surface area contributed by atoms with Gasteiger partial charge in [-0.1, -0.05) is 0 Å². The van der Waals surface area contributed by atoms with Crippen molar-refractivity contribution in [3.8, 4) is 0 Å². The van der Waals surface area contributed by atoms with Gasteiger partial charge in [-0.15, -0.1) is 11.3 Å². The smallest absolute Gasteiger partial charge is 0.322 e. The summed E-state index contributed by atoms with van der Waals surface area (Å²) in [7, 11) is -3.88. The Bertz CT molecular complexity index is 592. The number of piperidine rings is 1. The van der Waals surface area contributed by atoms with E-state index in [0.29, 0.717) is 12.8 Å². The van der Waals surface area contributed by atoms with Crippen molar-refractivity contribution in [2.45, 2.75) is 39.2 Å². The van der Waals surface area contributed by atoms with Gasteiger partial charge in [0.15, 0.2) is 5.13 Å². The van der Waals surface area contributed by atoms with E-state index in [1.54, 1.807) is 6.92 Å². The van der Waals surface area contributed by atoms with Crippen molar-refractivity contribution in [3.05, 3.63) is 10.6 Å². The molecule has 1 saturated heterocycles. The van der Waals surface area contributed by atoms with E-state index in [1.807, 2.05) is 6.92 Å². The summed E-state index contributed by atoms with van der Waals surface area (Å²) >= 11 is 1.24. The van der Waals surface area contributed by atoms with E-state index < -0.39 is 22.2 Å². The monoisotopic (exact) mass is 319 g/mol. The normalized spacial score (nSPS) is 20.8. The quantitative estimate of drug-likeness (QED) is 0.873. The minimum absolute atomic E-state index is 0.218. The van der Waals surface area contributed by atoms with Gasteiger partial charge in [0.05, 0.1) is 5.69 Å². The van der Waals surface area contributed by atoms with E-state index in [-0.39, 0.29) is 11.7 Å². The molecular weight excluding hydrogens is 302 g/mol. The van der Waals surface area contributed by atoms with Crippen LogP contribution in [0.1, 0.15) is 29.8 Å². The van der Waals surface area contributed by atoms with Gasteiger partial charge in [-0.3, -0.25) is 4.79 Å². The van der Waals surface area contributed by atoms with Crippen molar-refractivity contribution < 1.29 is 18.3 Å². The van der Waals surface area contributed by atoms with E-state index in [2.05, 4.69) is 9.71 Å². The summed E-state index contributed by atoms with van der Waals surface area (Å²) in [6.45, 7) is 3.87. The van der Waals surface area contributed by atoms with Gasteiger partial charge in [-0.25, -0.2) is 9.71 Å². The Morgan fingerprint density at radius 2 is 2.15 bits per heavy atom. The average Bonchev–Trinajstić information content (AvgIpc) is 2.67. The van der Waals surface area contributed by atoms with E-state index in [4.69, 9.17) is 5.11 Å². The van der Waals surface area contributed by atoms with Gasteiger partial charge < -0.3 is 5.11 Å². The maximum atomic E-state index is 12.3. The molecule has 0 aromatic carbocycles. The summed E-state index contributed by atoms with van der Waals surface area (Å²) in [5, 5.41) is 9.41. The Balaban J connectivity index is 2.22. The third kappa shape index (κ3) is 3.10. The Morgan fingerprint density at radius 1 is 1.45 bits per heavy atom. The first kappa shape index (κ1) is 15.2. The SMILES string of the molecule is Cc1nc(NS(=O)(=O)N2CCCCC2C(=O)O)sc1C. The molecule has 1 aromatic heterocycles. The van der Waals surface area contributed by atoms with Crippen molar-refractivity contribution in [2.24, 2.45) is 0 Å². The first-order valence-electron chi connectivity index (χ1n) is 6.27. The van der Waals surface area contributed by atoms with Crippen molar-refractivity contribution >= 4 is 32.6 Å². The third-order valence-electron chi connectivity index (χ3n) is 3.29. The summed E-state index contributed by atoms with van der Waals surface area (Å²) in [5.74, 6) is -1.11. The predicted octanol–water partition coefficient (Wildman–Crippen LogP) is 1.36. The van der Waals surface area contributed by atoms with Gasteiger partial charge in [0, 0.05) is 11.4 Å². The van der Waals surface area contributed by atoms with Crippen LogP contribution < -0.4 is 4.72 Å². The van der Waals surface area contributed by atoms with Crippen LogP contribution in [0.4, 0.5) is 5.13 Å². The maximum absolute atomic E-state index is 12.3. The summed E-state index contributed by atoms with van der Waals surface area (Å²) < 4.78 is 28.0. The molecule has 0 aliphatic carbocycles. The number of hydrogen-bond acceptors (Lipinski definition) is 5. The number of nitrogens with zero attached hydrogens (tertiary/aromatic N) is 2. The van der Waals surface area contributed by atoms with Crippen LogP contribution in [0, 0.1) is 13.8 Å². The van der Waals surface area contributed by atoms with Gasteiger partial charge in [0.1, 0.15) is 6.04 Å². The Labute approximate surface area is 121 Å². The summed E-state index contributed by atoms with van der Waals surface area (Å²) in [4.78, 5) is 16.2. The minimum Gasteiger partial charge on any atom is -0.480 e. The lowest BCUT2D eigenvalue weighted by Gasteiger charge is -2.31. The Kier molecular flexibility index (Phi) is 4.31. The highest BCUT2D eigenvalue weighted by Gasteiger charge is 2.37. The van der Waals surface area contributed by atoms with Crippen LogP contribution in [0.3, 0.4) is 0 Å². The molecule has 0 bridgehead atoms. The number of carboxylic acids is 1. The minimum atomic E-state index is -3.88. The lowest BCUT2D eigenvalue weighted by molar-refractivity contribution is -0.142. The average molecular weight is 319 g/mol. The summed E-state index contributed by atoms with van der Waals surface area (Å²) in [6.07, 6.45) is 1.73. The number of carbonyl (C=O) groups is 1. The number of rotatable bonds is 4. The number of carboxylic acid groups (broad SMARTS) is 1. The molecular formula is C11H17N3O4S2. The topological polar surface area (TPSA) is 99.6 Å². The Morgan fingerprint density at radius 3 is 2.70 bits per heavy atom. The Hall–Kier alpha value is -1.19. The first-order valence-corrected chi connectivity index (χ1v) is 8.53. The highest BCUT2D eigenvalue weighted by atomic mass is 32.2. The van der Waals surface area contributed by atoms with Crippen molar-refractivity contribution in [3.63, 3.8) is 0 Å². The maximum Gasteiger partial charge on any atom is 0.322 e. The number of hydrogen-bond donors (Lipinski definition) is 2. The molecule has 1 unspecified atom stereocenters. The first-order chi connectivity index (χ1) is 9.31. The van der Waals surface area contributed by atoms with Crippen LogP contribution in [0.2, 0.25) is 0 Å². The van der Waals surface area contributed by atoms with Crippen molar-refractivity contribution in [2.75, 3.05) is 11.3 Å². The van der Waals surface area contributed by atoms with Crippen molar-refractivity contribution in [1.82, 2.24) is 9.29 Å². The molecule has 2 N–H and O–H groups in total. The van der Waals surface area contributed by atoms with Crippen LogP contribution in [0.5, 0.6) is 0 Å². The predicted molar refractivity (Wildman–Crippen MR) is 76.1 cm³/mol. The fraction of sp³-hybridized carbons (Fsp3) is 0.636. The third-order valence-corrected chi connectivity index (χ3v) is 5.92. The molecule has 0 saturated carbocycles. The zero-order valence-corrected chi connectivity index (χ0v) is 12.9. The molecule has 7 nitrogen and oxygen atoms in total. The van der Waals surface area contributed by atoms with Crippen LogP contribution in [0.25, 0.3) is 0 Å². The number of anilines is 1. The molecule has 0 spiro atoms. The number of aromatic nitrogens is 1. The zero-order chi connectivity index (χ0) is 14.9. The molecule has 1 fully saturated rings. The second kappa shape index (κ2) is 5.66. The molecule has 2 rings (SSSR count). The van der Waals surface area contributed by atoms with Crippen LogP contribution >= 0.6 is 11.3 Å². The highest BCUT2D eigenvalue weighted by Crippen LogP contribution is 2.26. The van der Waals surface area contributed by atoms with Crippen LogP contribution in [-0.4, -0.2) is 41.4 Å². The highest BCUT2D eigenvalue weighted by molar-refractivity contribution is 7.90. The molecule has 1 aliphatic rings. The standard InChI is InChI=1S/C11H17N3O4S2/c1-7-8(2)19-11(12-7)13-20(17,18)14-6-4-3-5-9(14)10(15)16/h9H,3-6H2,1-2H3,(H,12,13)(H,15,16). The molecule has 9 heteroatoms. The fourth-order valence-corrected chi connectivity index (χ4v) is 4.56. The van der Waals surface area contributed by atoms with E-state index in [0.717, 1.165) is 21.3 Å². The van der Waals surface area contributed by atoms with Gasteiger partial charge in [-0.2, -0.15) is 12.7 Å². The molecule has 1 aromatic rings. The molecule has 0 amide bonds. The summed E-state index contributed by atoms with van der Waals surface area (Å²) in [5.41, 5.74) is 0.765. The molecule has 1 atom stereocenters. The lowest BCUT2D eigenvalue weighted by atomic mass is 10.1. The molecule has 1 aliphatic heterocycles. The van der Waals surface area contributed by atoms with Gasteiger partial charge in [-0.05, 0) is 33.1 Å². The van der Waals surface area contributed by atoms with Gasteiger partial charge in [0.2, 0.25) is 0 Å². The number of thiazole rings is 1. The largest absolute Gasteiger partial charge is 0.480 e. The molecule has 112 valence electrons. The summed E-state index contributed by atoms with van der Waals surface area (Å²) in [6, 6.07) is -0.997. The number of aryl methyl sites for hydroxylation is 2. The van der Waals surface area contributed by atoms with E-state index in [1.165, 1.54) is 11.3 Å². The van der Waals surface area contributed by atoms with Crippen LogP contribution in [-0.2, 0) is 15.0 Å². The van der Waals surface area contributed by atoms with E-state index >= 15 is 0 Å². The zero-order valence-electron chi connectivity index (χ0n) is 11.3. The van der Waals surface area contributed by atoms with Gasteiger partial charge >= 0.3 is 16.2 Å². The lowest BCUT2D eigenvalue weighted by Crippen LogP contribution is -2.49. The fourth-order valence-electron chi connectivity index (χ4n) is 2.12. The second-order valence-corrected chi connectivity index (χ2v) is 7.55. The van der Waals surface area contributed by atoms with E-state index in [9.17, 15) is 13.2 Å². The van der Waals surface area contributed by atoms with Crippen molar-refractivity contribution in [1.29, 1.82) is 0 Å². The second-order valence-electron chi connectivity index (χ2n) is 4.73. The molecule has 20 heavy (non-hydrogen) atoms. The number of nitrogens with one attached hydrogen (secondary N) is 1. The van der Waals surface area contributed by atoms with Crippen LogP contribution in [0.15, 0.2) is 0 Å².